The van der Waals surface area contributed by atoms with Gasteiger partial charge in [-0.15, -0.1) is 0 Å². The number of rotatable bonds is 8. The Kier molecular flexibility index (Phi) is 6.06. The number of aromatic nitrogens is 1. The van der Waals surface area contributed by atoms with Gasteiger partial charge in [-0.3, -0.25) is 4.79 Å². The average Bonchev–Trinajstić information content (AvgIpc) is 3.11. The quantitative estimate of drug-likeness (QED) is 0.363. The van der Waals surface area contributed by atoms with Gasteiger partial charge in [0.25, 0.3) is 0 Å². The van der Waals surface area contributed by atoms with Crippen molar-refractivity contribution in [1.82, 2.24) is 4.57 Å². The van der Waals surface area contributed by atoms with Crippen molar-refractivity contribution in [3.63, 3.8) is 0 Å². The van der Waals surface area contributed by atoms with E-state index in [-0.39, 0.29) is 5.97 Å². The second kappa shape index (κ2) is 9.24. The molecule has 0 aliphatic carbocycles. The first-order valence-electron chi connectivity index (χ1n) is 10.1. The van der Waals surface area contributed by atoms with Crippen LogP contribution in [0.5, 0.6) is 0 Å². The Morgan fingerprint density at radius 2 is 1.45 bits per heavy atom. The predicted octanol–water partition coefficient (Wildman–Crippen LogP) is 5.76. The van der Waals surface area contributed by atoms with Crippen LogP contribution in [0, 0.1) is 0 Å². The zero-order chi connectivity index (χ0) is 19.9. The lowest BCUT2D eigenvalue weighted by molar-refractivity contribution is -0.145. The maximum absolute atomic E-state index is 12.1. The number of carbonyl (C=O) groups is 1. The van der Waals surface area contributed by atoms with Gasteiger partial charge >= 0.3 is 5.97 Å². The molecule has 0 saturated carbocycles. The van der Waals surface area contributed by atoms with Crippen LogP contribution in [0.15, 0.2) is 91.1 Å². The van der Waals surface area contributed by atoms with Crippen LogP contribution in [-0.2, 0) is 29.1 Å². The maximum Gasteiger partial charge on any atom is 0.306 e. The third-order valence-electron chi connectivity index (χ3n) is 5.14. The van der Waals surface area contributed by atoms with E-state index in [1.807, 2.05) is 36.4 Å². The molecule has 4 aromatic rings. The van der Waals surface area contributed by atoms with E-state index in [0.717, 1.165) is 24.9 Å². The summed E-state index contributed by atoms with van der Waals surface area (Å²) in [5.74, 6) is -0.137. The first-order chi connectivity index (χ1) is 14.3. The van der Waals surface area contributed by atoms with Gasteiger partial charge in [0, 0.05) is 30.1 Å². The van der Waals surface area contributed by atoms with Gasteiger partial charge in [-0.2, -0.15) is 0 Å². The number of ether oxygens (including phenoxy) is 1. The minimum absolute atomic E-state index is 0.137. The molecule has 0 unspecified atom stereocenters. The van der Waals surface area contributed by atoms with Gasteiger partial charge in [0.2, 0.25) is 0 Å². The number of nitrogens with zero attached hydrogens (tertiary/aromatic N) is 1. The molecule has 29 heavy (non-hydrogen) atoms. The van der Waals surface area contributed by atoms with E-state index in [4.69, 9.17) is 4.74 Å². The summed E-state index contributed by atoms with van der Waals surface area (Å²) in [5, 5.41) is 1.26. The minimum atomic E-state index is -0.137. The van der Waals surface area contributed by atoms with Crippen LogP contribution in [0.2, 0.25) is 0 Å². The zero-order valence-corrected chi connectivity index (χ0v) is 16.5. The Balaban J connectivity index is 1.37. The number of fused-ring (bicyclic) bond motifs is 1. The van der Waals surface area contributed by atoms with Gasteiger partial charge < -0.3 is 9.30 Å². The SMILES string of the molecule is O=C(CCCc1cn(Cc2ccccc2)c2ccccc12)OCc1ccccc1. The van der Waals surface area contributed by atoms with Crippen molar-refractivity contribution >= 4 is 16.9 Å². The molecule has 0 aliphatic rings. The fourth-order valence-corrected chi connectivity index (χ4v) is 3.67. The first-order valence-corrected chi connectivity index (χ1v) is 10.1. The predicted molar refractivity (Wildman–Crippen MR) is 117 cm³/mol. The van der Waals surface area contributed by atoms with Crippen LogP contribution in [0.3, 0.4) is 0 Å². The Morgan fingerprint density at radius 3 is 2.21 bits per heavy atom. The van der Waals surface area contributed by atoms with Gasteiger partial charge in [-0.1, -0.05) is 78.9 Å². The highest BCUT2D eigenvalue weighted by Crippen LogP contribution is 2.24. The van der Waals surface area contributed by atoms with Crippen molar-refractivity contribution in [1.29, 1.82) is 0 Å². The second-order valence-corrected chi connectivity index (χ2v) is 7.28. The van der Waals surface area contributed by atoms with E-state index in [9.17, 15) is 4.79 Å². The third kappa shape index (κ3) is 4.94. The van der Waals surface area contributed by atoms with Crippen LogP contribution < -0.4 is 0 Å². The number of hydrogen-bond acceptors (Lipinski definition) is 2. The zero-order valence-electron chi connectivity index (χ0n) is 16.5. The molecule has 0 saturated heterocycles. The lowest BCUT2D eigenvalue weighted by atomic mass is 10.1. The van der Waals surface area contributed by atoms with Crippen molar-refractivity contribution in [2.45, 2.75) is 32.4 Å². The number of carbonyl (C=O) groups excluding carboxylic acids is 1. The summed E-state index contributed by atoms with van der Waals surface area (Å²) in [6.45, 7) is 1.19. The Morgan fingerprint density at radius 1 is 0.793 bits per heavy atom. The molecule has 3 heteroatoms. The monoisotopic (exact) mass is 383 g/mol. The van der Waals surface area contributed by atoms with E-state index in [0.29, 0.717) is 13.0 Å². The molecule has 0 fully saturated rings. The molecule has 0 spiro atoms. The average molecular weight is 383 g/mol. The van der Waals surface area contributed by atoms with Crippen LogP contribution in [0.4, 0.5) is 0 Å². The lowest BCUT2D eigenvalue weighted by Gasteiger charge is -2.05. The van der Waals surface area contributed by atoms with Crippen LogP contribution in [0.1, 0.15) is 29.5 Å². The summed E-state index contributed by atoms with van der Waals surface area (Å²) < 4.78 is 7.69. The van der Waals surface area contributed by atoms with Crippen molar-refractivity contribution in [3.05, 3.63) is 108 Å². The Bertz CT molecular complexity index is 1070. The van der Waals surface area contributed by atoms with E-state index >= 15 is 0 Å². The number of para-hydroxylation sites is 1. The van der Waals surface area contributed by atoms with Crippen molar-refractivity contribution in [2.24, 2.45) is 0 Å². The van der Waals surface area contributed by atoms with Gasteiger partial charge in [-0.25, -0.2) is 0 Å². The molecular formula is C26H25NO2. The molecule has 0 N–H and O–H groups in total. The van der Waals surface area contributed by atoms with Gasteiger partial charge in [0.05, 0.1) is 0 Å². The largest absolute Gasteiger partial charge is 0.461 e. The van der Waals surface area contributed by atoms with E-state index in [1.165, 1.54) is 22.0 Å². The normalized spacial score (nSPS) is 10.9. The molecule has 0 radical (unpaired) electrons. The molecule has 146 valence electrons. The molecule has 4 rings (SSSR count). The van der Waals surface area contributed by atoms with Gasteiger partial charge in [0.15, 0.2) is 0 Å². The summed E-state index contributed by atoms with van der Waals surface area (Å²) in [6.07, 6.45) is 4.31. The highest BCUT2D eigenvalue weighted by molar-refractivity contribution is 5.84. The third-order valence-corrected chi connectivity index (χ3v) is 5.14. The number of benzene rings is 3. The van der Waals surface area contributed by atoms with Crippen molar-refractivity contribution in [3.8, 4) is 0 Å². The molecule has 1 heterocycles. The number of aryl methyl sites for hydroxylation is 1. The summed E-state index contributed by atoms with van der Waals surface area (Å²) in [5.41, 5.74) is 4.82. The molecule has 1 aromatic heterocycles. The first kappa shape index (κ1) is 19.0. The molecule has 3 nitrogen and oxygen atoms in total. The molecule has 0 bridgehead atoms. The van der Waals surface area contributed by atoms with Crippen LogP contribution in [0.25, 0.3) is 10.9 Å². The molecule has 0 atom stereocenters. The number of hydrogen-bond donors (Lipinski definition) is 0. The van der Waals surface area contributed by atoms with Crippen LogP contribution >= 0.6 is 0 Å². The molecule has 3 aromatic carbocycles. The van der Waals surface area contributed by atoms with Gasteiger partial charge in [-0.05, 0) is 35.6 Å². The summed E-state index contributed by atoms with van der Waals surface area (Å²) in [4.78, 5) is 12.1. The van der Waals surface area contributed by atoms with Crippen molar-refractivity contribution < 1.29 is 9.53 Å². The Hall–Kier alpha value is -3.33. The molecule has 0 aliphatic heterocycles. The highest BCUT2D eigenvalue weighted by atomic mass is 16.5. The molecular weight excluding hydrogens is 358 g/mol. The fraction of sp³-hybridized carbons (Fsp3) is 0.192. The van der Waals surface area contributed by atoms with E-state index in [1.54, 1.807) is 0 Å². The topological polar surface area (TPSA) is 31.2 Å². The maximum atomic E-state index is 12.1. The van der Waals surface area contributed by atoms with Crippen molar-refractivity contribution in [2.75, 3.05) is 0 Å². The van der Waals surface area contributed by atoms with E-state index < -0.39 is 0 Å². The highest BCUT2D eigenvalue weighted by Gasteiger charge is 2.10. The summed E-state index contributed by atoms with van der Waals surface area (Å²) in [6, 6.07) is 28.8. The minimum Gasteiger partial charge on any atom is -0.461 e. The standard InChI is InChI=1S/C26H25NO2/c28-26(29-20-22-12-5-2-6-13-22)17-9-14-23-19-27(18-21-10-3-1-4-11-21)25-16-8-7-15-24(23)25/h1-8,10-13,15-16,19H,9,14,17-18,20H2. The summed E-state index contributed by atoms with van der Waals surface area (Å²) in [7, 11) is 0. The molecule has 0 amide bonds. The van der Waals surface area contributed by atoms with Gasteiger partial charge in [0.1, 0.15) is 6.61 Å². The smallest absolute Gasteiger partial charge is 0.306 e. The lowest BCUT2D eigenvalue weighted by Crippen LogP contribution is -2.04. The van der Waals surface area contributed by atoms with E-state index in [2.05, 4.69) is 59.3 Å². The summed E-state index contributed by atoms with van der Waals surface area (Å²) >= 11 is 0. The fourth-order valence-electron chi connectivity index (χ4n) is 3.67. The van der Waals surface area contributed by atoms with Crippen LogP contribution in [-0.4, -0.2) is 10.5 Å². The Labute approximate surface area is 171 Å². The second-order valence-electron chi connectivity index (χ2n) is 7.28. The number of esters is 1.